The lowest BCUT2D eigenvalue weighted by Crippen LogP contribution is -2.02. The van der Waals surface area contributed by atoms with Crippen LogP contribution >= 0.6 is 0 Å². The molecule has 1 aliphatic heterocycles. The lowest BCUT2D eigenvalue weighted by atomic mass is 10.1. The summed E-state index contributed by atoms with van der Waals surface area (Å²) < 4.78 is 6.04. The van der Waals surface area contributed by atoms with Gasteiger partial charge in [-0.3, -0.25) is 4.98 Å². The number of aryl methyl sites for hydroxylation is 1. The van der Waals surface area contributed by atoms with Crippen LogP contribution in [-0.2, 0) is 13.0 Å². The maximum Gasteiger partial charge on any atom is 0.149 e. The van der Waals surface area contributed by atoms with Crippen molar-refractivity contribution < 1.29 is 4.74 Å². The highest BCUT2D eigenvalue weighted by Crippen LogP contribution is 2.28. The predicted octanol–water partition coefficient (Wildman–Crippen LogP) is 3.49. The Morgan fingerprint density at radius 1 is 1.18 bits per heavy atom. The number of fused-ring (bicyclic) bond motifs is 2. The Morgan fingerprint density at radius 2 is 2.14 bits per heavy atom. The molecule has 3 heterocycles. The van der Waals surface area contributed by atoms with E-state index in [1.807, 2.05) is 25.1 Å². The van der Waals surface area contributed by atoms with Crippen LogP contribution in [0.1, 0.15) is 16.8 Å². The van der Waals surface area contributed by atoms with Gasteiger partial charge in [0.1, 0.15) is 23.7 Å². The van der Waals surface area contributed by atoms with E-state index >= 15 is 0 Å². The first-order valence-corrected chi connectivity index (χ1v) is 7.51. The van der Waals surface area contributed by atoms with Gasteiger partial charge in [0.25, 0.3) is 0 Å². The Labute approximate surface area is 129 Å². The van der Waals surface area contributed by atoms with Gasteiger partial charge in [0.15, 0.2) is 0 Å². The molecule has 1 aliphatic rings. The fourth-order valence-electron chi connectivity index (χ4n) is 2.83. The highest BCUT2D eigenvalue weighted by atomic mass is 16.5. The van der Waals surface area contributed by atoms with Crippen LogP contribution < -0.4 is 10.1 Å². The van der Waals surface area contributed by atoms with Gasteiger partial charge in [-0.05, 0) is 36.6 Å². The SMILES string of the molecule is Cc1ccc2cccnc2c1OCc1ccc2c(n1)NCC2. The van der Waals surface area contributed by atoms with Crippen LogP contribution in [0.3, 0.4) is 0 Å². The summed E-state index contributed by atoms with van der Waals surface area (Å²) in [6, 6.07) is 12.3. The van der Waals surface area contributed by atoms with Crippen molar-refractivity contribution in [2.75, 3.05) is 11.9 Å². The minimum atomic E-state index is 0.450. The quantitative estimate of drug-likeness (QED) is 0.802. The highest BCUT2D eigenvalue weighted by molar-refractivity contribution is 5.85. The molecular formula is C18H17N3O. The van der Waals surface area contributed by atoms with Crippen molar-refractivity contribution in [1.29, 1.82) is 0 Å². The summed E-state index contributed by atoms with van der Waals surface area (Å²) in [4.78, 5) is 9.08. The van der Waals surface area contributed by atoms with Crippen LogP contribution in [0.25, 0.3) is 10.9 Å². The molecule has 0 amide bonds. The molecule has 0 saturated heterocycles. The van der Waals surface area contributed by atoms with Crippen LogP contribution in [0, 0.1) is 6.92 Å². The Hall–Kier alpha value is -2.62. The Kier molecular flexibility index (Phi) is 3.15. The first kappa shape index (κ1) is 13.1. The predicted molar refractivity (Wildman–Crippen MR) is 87.2 cm³/mol. The van der Waals surface area contributed by atoms with E-state index in [9.17, 15) is 0 Å². The summed E-state index contributed by atoms with van der Waals surface area (Å²) >= 11 is 0. The summed E-state index contributed by atoms with van der Waals surface area (Å²) in [5.74, 6) is 1.84. The van der Waals surface area contributed by atoms with Gasteiger partial charge >= 0.3 is 0 Å². The van der Waals surface area contributed by atoms with Crippen molar-refractivity contribution in [3.05, 3.63) is 59.4 Å². The Balaban J connectivity index is 1.63. The molecule has 2 aromatic heterocycles. The van der Waals surface area contributed by atoms with Crippen molar-refractivity contribution in [3.8, 4) is 5.75 Å². The smallest absolute Gasteiger partial charge is 0.149 e. The van der Waals surface area contributed by atoms with E-state index in [1.165, 1.54) is 5.56 Å². The number of pyridine rings is 2. The zero-order valence-electron chi connectivity index (χ0n) is 12.5. The van der Waals surface area contributed by atoms with Gasteiger partial charge in [-0.25, -0.2) is 4.98 Å². The monoisotopic (exact) mass is 291 g/mol. The number of hydrogen-bond donors (Lipinski definition) is 1. The van der Waals surface area contributed by atoms with Crippen molar-refractivity contribution in [1.82, 2.24) is 9.97 Å². The number of ether oxygens (including phenoxy) is 1. The van der Waals surface area contributed by atoms with Gasteiger partial charge in [-0.2, -0.15) is 0 Å². The zero-order valence-corrected chi connectivity index (χ0v) is 12.5. The summed E-state index contributed by atoms with van der Waals surface area (Å²) in [6.07, 6.45) is 2.85. The third-order valence-corrected chi connectivity index (χ3v) is 4.01. The second kappa shape index (κ2) is 5.30. The Bertz CT molecular complexity index is 845. The number of benzene rings is 1. The first-order chi connectivity index (χ1) is 10.8. The third kappa shape index (κ3) is 2.26. The van der Waals surface area contributed by atoms with Gasteiger partial charge in [0, 0.05) is 18.1 Å². The molecule has 1 aromatic carbocycles. The number of anilines is 1. The van der Waals surface area contributed by atoms with Crippen LogP contribution in [0.4, 0.5) is 5.82 Å². The number of nitrogens with zero attached hydrogens (tertiary/aromatic N) is 2. The van der Waals surface area contributed by atoms with Crippen LogP contribution in [0.5, 0.6) is 5.75 Å². The van der Waals surface area contributed by atoms with Crippen molar-refractivity contribution >= 4 is 16.7 Å². The summed E-state index contributed by atoms with van der Waals surface area (Å²) in [5.41, 5.74) is 4.21. The van der Waals surface area contributed by atoms with E-state index in [-0.39, 0.29) is 0 Å². The second-order valence-corrected chi connectivity index (χ2v) is 5.56. The van der Waals surface area contributed by atoms with Gasteiger partial charge < -0.3 is 10.1 Å². The number of rotatable bonds is 3. The van der Waals surface area contributed by atoms with Gasteiger partial charge in [-0.15, -0.1) is 0 Å². The molecule has 0 spiro atoms. The average Bonchev–Trinajstić information content (AvgIpc) is 3.01. The lowest BCUT2D eigenvalue weighted by Gasteiger charge is -2.12. The summed E-state index contributed by atoms with van der Waals surface area (Å²) in [5, 5.41) is 4.39. The normalized spacial score (nSPS) is 13.0. The van der Waals surface area contributed by atoms with E-state index in [0.717, 1.165) is 46.7 Å². The molecule has 0 aliphatic carbocycles. The molecule has 22 heavy (non-hydrogen) atoms. The molecule has 1 N–H and O–H groups in total. The van der Waals surface area contributed by atoms with E-state index < -0.39 is 0 Å². The van der Waals surface area contributed by atoms with E-state index in [2.05, 4.69) is 33.5 Å². The van der Waals surface area contributed by atoms with Gasteiger partial charge in [0.05, 0.1) is 5.69 Å². The molecule has 0 unspecified atom stereocenters. The molecular weight excluding hydrogens is 274 g/mol. The molecule has 4 nitrogen and oxygen atoms in total. The van der Waals surface area contributed by atoms with E-state index in [1.54, 1.807) is 6.20 Å². The van der Waals surface area contributed by atoms with Crippen molar-refractivity contribution in [2.24, 2.45) is 0 Å². The maximum absolute atomic E-state index is 6.04. The second-order valence-electron chi connectivity index (χ2n) is 5.56. The molecule has 0 radical (unpaired) electrons. The van der Waals surface area contributed by atoms with Gasteiger partial charge in [0.2, 0.25) is 0 Å². The zero-order chi connectivity index (χ0) is 14.9. The van der Waals surface area contributed by atoms with Crippen LogP contribution in [-0.4, -0.2) is 16.5 Å². The van der Waals surface area contributed by atoms with Crippen LogP contribution in [0.2, 0.25) is 0 Å². The molecule has 0 saturated carbocycles. The Morgan fingerprint density at radius 3 is 3.09 bits per heavy atom. The fraction of sp³-hybridized carbons (Fsp3) is 0.222. The van der Waals surface area contributed by atoms with Gasteiger partial charge in [-0.1, -0.05) is 24.3 Å². The van der Waals surface area contributed by atoms with E-state index in [0.29, 0.717) is 6.61 Å². The molecule has 4 rings (SSSR count). The molecule has 3 aromatic rings. The molecule has 0 atom stereocenters. The van der Waals surface area contributed by atoms with Crippen molar-refractivity contribution in [2.45, 2.75) is 20.0 Å². The number of hydrogen-bond acceptors (Lipinski definition) is 4. The summed E-state index contributed by atoms with van der Waals surface area (Å²) in [7, 11) is 0. The summed E-state index contributed by atoms with van der Waals surface area (Å²) in [6.45, 7) is 3.46. The standard InChI is InChI=1S/C18H17N3O/c1-12-4-5-13-3-2-9-19-16(13)17(12)22-11-15-7-6-14-8-10-20-18(14)21-15/h2-7,9H,8,10-11H2,1H3,(H,20,21). The van der Waals surface area contributed by atoms with E-state index in [4.69, 9.17) is 4.74 Å². The van der Waals surface area contributed by atoms with Crippen LogP contribution in [0.15, 0.2) is 42.6 Å². The third-order valence-electron chi connectivity index (χ3n) is 4.01. The number of nitrogens with one attached hydrogen (secondary N) is 1. The first-order valence-electron chi connectivity index (χ1n) is 7.51. The molecule has 0 bridgehead atoms. The topological polar surface area (TPSA) is 47.0 Å². The van der Waals surface area contributed by atoms with Crippen molar-refractivity contribution in [3.63, 3.8) is 0 Å². The largest absolute Gasteiger partial charge is 0.485 e. The minimum absolute atomic E-state index is 0.450. The minimum Gasteiger partial charge on any atom is -0.485 e. The molecule has 110 valence electrons. The molecule has 4 heteroatoms. The lowest BCUT2D eigenvalue weighted by molar-refractivity contribution is 0.302. The fourth-order valence-corrected chi connectivity index (χ4v) is 2.83. The highest BCUT2D eigenvalue weighted by Gasteiger charge is 2.13. The maximum atomic E-state index is 6.04. The molecule has 0 fully saturated rings. The number of aromatic nitrogens is 2. The average molecular weight is 291 g/mol.